The van der Waals surface area contributed by atoms with Crippen LogP contribution in [0.4, 0.5) is 4.39 Å². The van der Waals surface area contributed by atoms with Crippen molar-refractivity contribution >= 4 is 22.7 Å². The molecule has 1 aromatic carbocycles. The Hall–Kier alpha value is -3.16. The summed E-state index contributed by atoms with van der Waals surface area (Å²) in [5.74, 6) is -0.152. The summed E-state index contributed by atoms with van der Waals surface area (Å²) in [5.41, 5.74) is 2.56. The second-order valence-corrected chi connectivity index (χ2v) is 10.5. The quantitative estimate of drug-likeness (QED) is 0.522. The molecule has 2 aliphatic heterocycles. The van der Waals surface area contributed by atoms with Crippen LogP contribution >= 0.6 is 0 Å². The first-order chi connectivity index (χ1) is 17.4. The van der Waals surface area contributed by atoms with Crippen molar-refractivity contribution in [3.63, 3.8) is 0 Å². The number of hydrogen-bond donors (Lipinski definition) is 1. The van der Waals surface area contributed by atoms with Crippen LogP contribution in [0, 0.1) is 5.82 Å². The van der Waals surface area contributed by atoms with E-state index >= 15 is 4.39 Å². The van der Waals surface area contributed by atoms with Gasteiger partial charge in [0, 0.05) is 62.8 Å². The highest BCUT2D eigenvalue weighted by molar-refractivity contribution is 5.99. The Morgan fingerprint density at radius 2 is 1.89 bits per heavy atom. The SMILES string of the molecule is CC(C)c1cc([C@@H]2CCCN(C(=O)CCn3cccn3)C2)c(F)c2[nH]c(C(=O)N3CCCCC3)cc12. The monoisotopic (exact) mass is 493 g/mol. The van der Waals surface area contributed by atoms with Crippen LogP contribution in [0.25, 0.3) is 10.9 Å². The number of benzene rings is 1. The van der Waals surface area contributed by atoms with Crippen molar-refractivity contribution in [2.24, 2.45) is 0 Å². The van der Waals surface area contributed by atoms with Gasteiger partial charge in [-0.2, -0.15) is 5.10 Å². The van der Waals surface area contributed by atoms with Gasteiger partial charge in [0.2, 0.25) is 5.91 Å². The third kappa shape index (κ3) is 4.90. The highest BCUT2D eigenvalue weighted by Gasteiger charge is 2.29. The number of carbonyl (C=O) groups is 2. The molecular formula is C28H36FN5O2. The van der Waals surface area contributed by atoms with Crippen molar-refractivity contribution < 1.29 is 14.0 Å². The lowest BCUT2D eigenvalue weighted by Crippen LogP contribution is -2.39. The molecule has 2 aliphatic rings. The number of halogens is 1. The van der Waals surface area contributed by atoms with Crippen LogP contribution in [-0.2, 0) is 11.3 Å². The van der Waals surface area contributed by atoms with E-state index in [2.05, 4.69) is 23.9 Å². The molecule has 0 aliphatic carbocycles. The Labute approximate surface area is 211 Å². The van der Waals surface area contributed by atoms with Gasteiger partial charge in [-0.25, -0.2) is 4.39 Å². The topological polar surface area (TPSA) is 74.2 Å². The molecule has 0 unspecified atom stereocenters. The largest absolute Gasteiger partial charge is 0.348 e. The third-order valence-corrected chi connectivity index (χ3v) is 7.74. The highest BCUT2D eigenvalue weighted by Crippen LogP contribution is 2.37. The van der Waals surface area contributed by atoms with E-state index in [-0.39, 0.29) is 29.5 Å². The molecule has 0 bridgehead atoms. The van der Waals surface area contributed by atoms with Gasteiger partial charge in [0.15, 0.2) is 5.82 Å². The lowest BCUT2D eigenvalue weighted by Gasteiger charge is -2.33. The number of likely N-dealkylation sites (tertiary alicyclic amines) is 2. The number of aromatic amines is 1. The van der Waals surface area contributed by atoms with Crippen molar-refractivity contribution in [2.75, 3.05) is 26.2 Å². The second kappa shape index (κ2) is 10.4. The van der Waals surface area contributed by atoms with Crippen LogP contribution in [0.5, 0.6) is 0 Å². The Morgan fingerprint density at radius 3 is 2.61 bits per heavy atom. The van der Waals surface area contributed by atoms with Crippen LogP contribution in [0.15, 0.2) is 30.6 Å². The first-order valence-corrected chi connectivity index (χ1v) is 13.3. The van der Waals surface area contributed by atoms with Gasteiger partial charge in [-0.1, -0.05) is 19.9 Å². The van der Waals surface area contributed by atoms with Gasteiger partial charge in [-0.15, -0.1) is 0 Å². The summed E-state index contributed by atoms with van der Waals surface area (Å²) >= 11 is 0. The molecule has 1 atom stereocenters. The maximum absolute atomic E-state index is 16.0. The lowest BCUT2D eigenvalue weighted by atomic mass is 9.86. The number of amides is 2. The summed E-state index contributed by atoms with van der Waals surface area (Å²) < 4.78 is 17.8. The molecule has 7 nitrogen and oxygen atoms in total. The van der Waals surface area contributed by atoms with E-state index in [0.717, 1.165) is 56.1 Å². The molecule has 2 aromatic heterocycles. The molecule has 192 valence electrons. The number of hydrogen-bond acceptors (Lipinski definition) is 3. The molecule has 2 fully saturated rings. The molecule has 0 spiro atoms. The van der Waals surface area contributed by atoms with E-state index in [0.29, 0.717) is 42.8 Å². The molecule has 0 saturated carbocycles. The first-order valence-electron chi connectivity index (χ1n) is 13.3. The standard InChI is InChI=1S/C28H36FN5O2/c1-19(2)21-16-22(20-8-6-13-33(18-20)25(35)9-15-34-14-7-10-30-34)26(29)27-23(21)17-24(31-27)28(36)32-11-4-3-5-12-32/h7,10,14,16-17,19-20,31H,3-6,8-9,11-13,15,18H2,1-2H3/t20-/m1/s1. The number of rotatable bonds is 6. The van der Waals surface area contributed by atoms with Gasteiger partial charge < -0.3 is 14.8 Å². The van der Waals surface area contributed by atoms with Crippen molar-refractivity contribution in [2.45, 2.75) is 70.8 Å². The average molecular weight is 494 g/mol. The molecular weight excluding hydrogens is 457 g/mol. The number of H-pyrrole nitrogens is 1. The second-order valence-electron chi connectivity index (χ2n) is 10.5. The van der Waals surface area contributed by atoms with E-state index < -0.39 is 0 Å². The summed E-state index contributed by atoms with van der Waals surface area (Å²) in [5, 5.41) is 4.96. The number of nitrogens with one attached hydrogen (secondary N) is 1. The molecule has 2 amide bonds. The summed E-state index contributed by atoms with van der Waals surface area (Å²) in [6.07, 6.45) is 8.80. The van der Waals surface area contributed by atoms with Crippen LogP contribution in [0.1, 0.15) is 85.8 Å². The maximum atomic E-state index is 16.0. The van der Waals surface area contributed by atoms with Crippen molar-refractivity contribution in [1.29, 1.82) is 0 Å². The Kier molecular flexibility index (Phi) is 7.12. The van der Waals surface area contributed by atoms with E-state index in [1.54, 1.807) is 10.9 Å². The predicted molar refractivity (Wildman–Crippen MR) is 137 cm³/mol. The van der Waals surface area contributed by atoms with E-state index in [1.807, 2.05) is 34.2 Å². The molecule has 1 N–H and O–H groups in total. The number of aromatic nitrogens is 3. The molecule has 3 aromatic rings. The summed E-state index contributed by atoms with van der Waals surface area (Å²) in [4.78, 5) is 32.9. The number of fused-ring (bicyclic) bond motifs is 1. The zero-order chi connectivity index (χ0) is 25.2. The summed E-state index contributed by atoms with van der Waals surface area (Å²) in [7, 11) is 0. The molecule has 0 radical (unpaired) electrons. The van der Waals surface area contributed by atoms with Crippen LogP contribution in [-0.4, -0.2) is 62.6 Å². The molecule has 2 saturated heterocycles. The van der Waals surface area contributed by atoms with Gasteiger partial charge in [-0.3, -0.25) is 14.3 Å². The number of aryl methyl sites for hydroxylation is 1. The van der Waals surface area contributed by atoms with Gasteiger partial charge >= 0.3 is 0 Å². The van der Waals surface area contributed by atoms with Gasteiger partial charge in [0.25, 0.3) is 5.91 Å². The summed E-state index contributed by atoms with van der Waals surface area (Å²) in [6.45, 7) is 7.46. The molecule has 4 heterocycles. The van der Waals surface area contributed by atoms with E-state index in [9.17, 15) is 9.59 Å². The maximum Gasteiger partial charge on any atom is 0.270 e. The lowest BCUT2D eigenvalue weighted by molar-refractivity contribution is -0.132. The predicted octanol–water partition coefficient (Wildman–Crippen LogP) is 5.05. The van der Waals surface area contributed by atoms with Crippen LogP contribution in [0.2, 0.25) is 0 Å². The zero-order valence-corrected chi connectivity index (χ0v) is 21.3. The molecule has 5 rings (SSSR count). The summed E-state index contributed by atoms with van der Waals surface area (Å²) in [6, 6.07) is 5.66. The van der Waals surface area contributed by atoms with Crippen molar-refractivity contribution in [1.82, 2.24) is 24.6 Å². The fraction of sp³-hybridized carbons (Fsp3) is 0.536. The van der Waals surface area contributed by atoms with E-state index in [1.165, 1.54) is 0 Å². The zero-order valence-electron chi connectivity index (χ0n) is 21.3. The van der Waals surface area contributed by atoms with Crippen LogP contribution < -0.4 is 0 Å². The third-order valence-electron chi connectivity index (χ3n) is 7.74. The smallest absolute Gasteiger partial charge is 0.270 e. The van der Waals surface area contributed by atoms with E-state index in [4.69, 9.17) is 0 Å². The van der Waals surface area contributed by atoms with Gasteiger partial charge in [0.1, 0.15) is 5.69 Å². The number of carbonyl (C=O) groups excluding carboxylic acids is 2. The van der Waals surface area contributed by atoms with Gasteiger partial charge in [0.05, 0.1) is 5.52 Å². The minimum absolute atomic E-state index is 0.0480. The minimum atomic E-state index is -0.289. The fourth-order valence-corrected chi connectivity index (χ4v) is 5.72. The fourth-order valence-electron chi connectivity index (χ4n) is 5.72. The van der Waals surface area contributed by atoms with Gasteiger partial charge in [-0.05, 0) is 61.3 Å². The Balaban J connectivity index is 1.40. The molecule has 8 heteroatoms. The number of piperidine rings is 2. The first kappa shape index (κ1) is 24.5. The minimum Gasteiger partial charge on any atom is -0.348 e. The van der Waals surface area contributed by atoms with Crippen molar-refractivity contribution in [3.8, 4) is 0 Å². The van der Waals surface area contributed by atoms with Crippen LogP contribution in [0.3, 0.4) is 0 Å². The number of nitrogens with zero attached hydrogens (tertiary/aromatic N) is 4. The Bertz CT molecular complexity index is 1230. The highest BCUT2D eigenvalue weighted by atomic mass is 19.1. The average Bonchev–Trinajstić information content (AvgIpc) is 3.58. The Morgan fingerprint density at radius 1 is 1.11 bits per heavy atom. The van der Waals surface area contributed by atoms with Crippen molar-refractivity contribution in [3.05, 3.63) is 53.2 Å². The normalized spacial score (nSPS) is 18.8. The molecule has 36 heavy (non-hydrogen) atoms.